The van der Waals surface area contributed by atoms with E-state index in [4.69, 9.17) is 11.6 Å². The molecule has 0 atom stereocenters. The number of aryl methyl sites for hydroxylation is 1. The average Bonchev–Trinajstić information content (AvgIpc) is 2.68. The monoisotopic (exact) mass is 407 g/mol. The van der Waals surface area contributed by atoms with Crippen molar-refractivity contribution in [3.8, 4) is 5.69 Å². The van der Waals surface area contributed by atoms with Crippen molar-refractivity contribution in [2.45, 2.75) is 6.92 Å². The number of carbonyl (C=O) groups is 1. The highest BCUT2D eigenvalue weighted by atomic mass is 35.5. The van der Waals surface area contributed by atoms with Gasteiger partial charge in [0, 0.05) is 5.69 Å². The molecule has 144 valence electrons. The summed E-state index contributed by atoms with van der Waals surface area (Å²) < 4.78 is 15.5. The van der Waals surface area contributed by atoms with Gasteiger partial charge in [-0.2, -0.15) is 0 Å². The molecule has 0 unspecified atom stereocenters. The van der Waals surface area contributed by atoms with Gasteiger partial charge in [-0.05, 0) is 49.4 Å². The van der Waals surface area contributed by atoms with E-state index >= 15 is 0 Å². The van der Waals surface area contributed by atoms with Crippen LogP contribution in [-0.4, -0.2) is 15.5 Å². The van der Waals surface area contributed by atoms with Gasteiger partial charge < -0.3 is 5.32 Å². The van der Waals surface area contributed by atoms with Gasteiger partial charge in [-0.3, -0.25) is 14.2 Å². The summed E-state index contributed by atoms with van der Waals surface area (Å²) in [5.41, 5.74) is 1.09. The average molecular weight is 408 g/mol. The fraction of sp³-hybridized carbons (Fsp3) is 0.0455. The molecule has 7 heteroatoms. The number of benzene rings is 3. The van der Waals surface area contributed by atoms with Crippen LogP contribution in [0.3, 0.4) is 0 Å². The van der Waals surface area contributed by atoms with Crippen molar-refractivity contribution >= 4 is 34.1 Å². The molecule has 0 saturated carbocycles. The van der Waals surface area contributed by atoms with Gasteiger partial charge in [0.15, 0.2) is 0 Å². The lowest BCUT2D eigenvalue weighted by Gasteiger charge is -2.13. The molecule has 1 N–H and O–H groups in total. The first-order chi connectivity index (χ1) is 14.0. The van der Waals surface area contributed by atoms with Crippen molar-refractivity contribution in [1.29, 1.82) is 0 Å². The molecule has 3 aromatic carbocycles. The highest BCUT2D eigenvalue weighted by molar-refractivity contribution is 6.34. The Hall–Kier alpha value is -3.51. The molecule has 0 radical (unpaired) electrons. The fourth-order valence-electron chi connectivity index (χ4n) is 3.18. The van der Waals surface area contributed by atoms with E-state index in [0.717, 1.165) is 0 Å². The Bertz CT molecular complexity index is 1300. The van der Waals surface area contributed by atoms with Crippen LogP contribution in [0.2, 0.25) is 5.02 Å². The zero-order valence-electron chi connectivity index (χ0n) is 15.3. The summed E-state index contributed by atoms with van der Waals surface area (Å²) in [5.74, 6) is -0.878. The molecule has 29 heavy (non-hydrogen) atoms. The number of hydrogen-bond acceptors (Lipinski definition) is 3. The molecule has 0 spiro atoms. The van der Waals surface area contributed by atoms with Crippen LogP contribution in [0, 0.1) is 12.7 Å². The van der Waals surface area contributed by atoms with Gasteiger partial charge in [0.2, 0.25) is 0 Å². The van der Waals surface area contributed by atoms with E-state index in [2.05, 4.69) is 10.3 Å². The van der Waals surface area contributed by atoms with Gasteiger partial charge in [0.1, 0.15) is 11.6 Å². The van der Waals surface area contributed by atoms with Crippen LogP contribution in [0.5, 0.6) is 0 Å². The Kier molecular flexibility index (Phi) is 4.86. The van der Waals surface area contributed by atoms with Crippen molar-refractivity contribution < 1.29 is 9.18 Å². The maximum atomic E-state index is 14.0. The number of fused-ring (bicyclic) bond motifs is 1. The maximum absolute atomic E-state index is 14.0. The predicted octanol–water partition coefficient (Wildman–Crippen LogP) is 4.74. The third-order valence-corrected chi connectivity index (χ3v) is 4.81. The van der Waals surface area contributed by atoms with Crippen LogP contribution in [-0.2, 0) is 0 Å². The van der Waals surface area contributed by atoms with Crippen molar-refractivity contribution in [3.05, 3.63) is 99.3 Å². The highest BCUT2D eigenvalue weighted by Gasteiger charge is 2.16. The van der Waals surface area contributed by atoms with E-state index in [1.165, 1.54) is 22.8 Å². The molecule has 0 fully saturated rings. The third-order valence-electron chi connectivity index (χ3n) is 4.50. The first kappa shape index (κ1) is 18.8. The zero-order valence-corrected chi connectivity index (χ0v) is 16.1. The first-order valence-corrected chi connectivity index (χ1v) is 9.17. The summed E-state index contributed by atoms with van der Waals surface area (Å²) in [6.07, 6.45) is 0. The Morgan fingerprint density at radius 2 is 1.83 bits per heavy atom. The second-order valence-electron chi connectivity index (χ2n) is 6.42. The van der Waals surface area contributed by atoms with Crippen molar-refractivity contribution in [3.63, 3.8) is 0 Å². The van der Waals surface area contributed by atoms with Crippen molar-refractivity contribution in [1.82, 2.24) is 9.55 Å². The SMILES string of the molecule is Cc1nc2ccccc2c(=O)n1-c1cccc(NC(=O)c2c(F)cccc2Cl)c1. The van der Waals surface area contributed by atoms with Crippen LogP contribution in [0.4, 0.5) is 10.1 Å². The van der Waals surface area contributed by atoms with Gasteiger partial charge in [-0.15, -0.1) is 0 Å². The number of para-hydroxylation sites is 1. The lowest BCUT2D eigenvalue weighted by atomic mass is 10.2. The lowest BCUT2D eigenvalue weighted by molar-refractivity contribution is 0.102. The third kappa shape index (κ3) is 3.50. The molecule has 0 aliphatic heterocycles. The number of aromatic nitrogens is 2. The summed E-state index contributed by atoms with van der Waals surface area (Å²) in [6.45, 7) is 1.73. The van der Waals surface area contributed by atoms with Crippen LogP contribution in [0.1, 0.15) is 16.2 Å². The van der Waals surface area contributed by atoms with Gasteiger partial charge >= 0.3 is 0 Å². The van der Waals surface area contributed by atoms with E-state index in [1.807, 2.05) is 6.07 Å². The Labute approximate surface area is 170 Å². The number of hydrogen-bond donors (Lipinski definition) is 1. The van der Waals surface area contributed by atoms with Crippen molar-refractivity contribution in [2.75, 3.05) is 5.32 Å². The molecule has 1 aromatic heterocycles. The van der Waals surface area contributed by atoms with E-state index in [0.29, 0.717) is 28.1 Å². The van der Waals surface area contributed by atoms with Crippen LogP contribution < -0.4 is 10.9 Å². The molecule has 0 saturated heterocycles. The quantitative estimate of drug-likeness (QED) is 0.533. The minimum absolute atomic E-state index is 0.0180. The summed E-state index contributed by atoms with van der Waals surface area (Å²) in [7, 11) is 0. The largest absolute Gasteiger partial charge is 0.322 e. The topological polar surface area (TPSA) is 64.0 Å². The minimum Gasteiger partial charge on any atom is -0.322 e. The van der Waals surface area contributed by atoms with Crippen LogP contribution in [0.15, 0.2) is 71.5 Å². The summed E-state index contributed by atoms with van der Waals surface area (Å²) >= 11 is 5.96. The number of anilines is 1. The smallest absolute Gasteiger partial charge is 0.265 e. The zero-order chi connectivity index (χ0) is 20.5. The van der Waals surface area contributed by atoms with Crippen molar-refractivity contribution in [2.24, 2.45) is 0 Å². The number of carbonyl (C=O) groups excluding carboxylic acids is 1. The van der Waals surface area contributed by atoms with Gasteiger partial charge in [0.05, 0.1) is 27.2 Å². The summed E-state index contributed by atoms with van der Waals surface area (Å²) in [4.78, 5) is 29.9. The molecule has 1 heterocycles. The standard InChI is InChI=1S/C22H15ClFN3O2/c1-13-25-19-11-3-2-8-16(19)22(29)27(13)15-7-4-6-14(12-15)26-21(28)20-17(23)9-5-10-18(20)24/h2-12H,1H3,(H,26,28). The molecule has 0 bridgehead atoms. The van der Waals surface area contributed by atoms with Gasteiger partial charge in [-0.1, -0.05) is 35.9 Å². The molecule has 0 aliphatic rings. The van der Waals surface area contributed by atoms with Crippen LogP contribution >= 0.6 is 11.6 Å². The molecule has 1 amide bonds. The van der Waals surface area contributed by atoms with E-state index in [1.54, 1.807) is 49.4 Å². The fourth-order valence-corrected chi connectivity index (χ4v) is 3.43. The second-order valence-corrected chi connectivity index (χ2v) is 6.83. The van der Waals surface area contributed by atoms with Crippen LogP contribution in [0.25, 0.3) is 16.6 Å². The molecule has 4 rings (SSSR count). The number of nitrogens with zero attached hydrogens (tertiary/aromatic N) is 2. The lowest BCUT2D eigenvalue weighted by Crippen LogP contribution is -2.22. The highest BCUT2D eigenvalue weighted by Crippen LogP contribution is 2.22. The number of halogens is 2. The minimum atomic E-state index is -0.711. The number of amides is 1. The van der Waals surface area contributed by atoms with E-state index < -0.39 is 11.7 Å². The summed E-state index contributed by atoms with van der Waals surface area (Å²) in [6, 6.07) is 17.8. The van der Waals surface area contributed by atoms with Gasteiger partial charge in [-0.25, -0.2) is 9.37 Å². The number of rotatable bonds is 3. The van der Waals surface area contributed by atoms with Gasteiger partial charge in [0.25, 0.3) is 11.5 Å². The Morgan fingerprint density at radius 1 is 1.07 bits per heavy atom. The Balaban J connectivity index is 1.75. The number of nitrogens with one attached hydrogen (secondary N) is 1. The molecular weight excluding hydrogens is 393 g/mol. The molecular formula is C22H15ClFN3O2. The first-order valence-electron chi connectivity index (χ1n) is 8.80. The normalized spacial score (nSPS) is 10.9. The molecule has 0 aliphatic carbocycles. The Morgan fingerprint density at radius 3 is 2.62 bits per heavy atom. The summed E-state index contributed by atoms with van der Waals surface area (Å²) in [5, 5.41) is 3.14. The molecule has 5 nitrogen and oxygen atoms in total. The second kappa shape index (κ2) is 7.48. The van der Waals surface area contributed by atoms with E-state index in [-0.39, 0.29) is 16.1 Å². The van der Waals surface area contributed by atoms with E-state index in [9.17, 15) is 14.0 Å². The predicted molar refractivity (Wildman–Crippen MR) is 111 cm³/mol. The molecule has 4 aromatic rings. The maximum Gasteiger partial charge on any atom is 0.265 e.